The zero-order valence-electron chi connectivity index (χ0n) is 16.1. The van der Waals surface area contributed by atoms with Crippen molar-refractivity contribution in [1.82, 2.24) is 24.9 Å². The summed E-state index contributed by atoms with van der Waals surface area (Å²) in [6, 6.07) is 7.38. The highest BCUT2D eigenvalue weighted by Crippen LogP contribution is 2.22. The summed E-state index contributed by atoms with van der Waals surface area (Å²) >= 11 is 1.28. The number of nitrogens with one attached hydrogen (secondary N) is 2. The highest BCUT2D eigenvalue weighted by atomic mass is 32.2. The van der Waals surface area contributed by atoms with Crippen LogP contribution in [0.5, 0.6) is 0 Å². The fourth-order valence-corrected chi connectivity index (χ4v) is 4.21. The second-order valence-corrected chi connectivity index (χ2v) is 8.77. The van der Waals surface area contributed by atoms with Crippen molar-refractivity contribution < 1.29 is 13.2 Å². The molecule has 1 amide bonds. The number of benzene rings is 1. The van der Waals surface area contributed by atoms with E-state index in [1.807, 2.05) is 0 Å². The van der Waals surface area contributed by atoms with Gasteiger partial charge in [-0.05, 0) is 37.3 Å². The molecule has 0 aliphatic carbocycles. The molecule has 0 radical (unpaired) electrons. The molecular formula is C19H15N7O3S2. The fourth-order valence-electron chi connectivity index (χ4n) is 2.49. The summed E-state index contributed by atoms with van der Waals surface area (Å²) in [6.07, 6.45) is 6.13. The van der Waals surface area contributed by atoms with Gasteiger partial charge in [0.05, 0.1) is 11.1 Å². The van der Waals surface area contributed by atoms with Crippen molar-refractivity contribution in [2.75, 3.05) is 10.0 Å². The Labute approximate surface area is 181 Å². The number of carbonyl (C=O) groups is 1. The predicted molar refractivity (Wildman–Crippen MR) is 115 cm³/mol. The van der Waals surface area contributed by atoms with Crippen LogP contribution in [0.15, 0.2) is 65.4 Å². The van der Waals surface area contributed by atoms with Gasteiger partial charge in [-0.1, -0.05) is 0 Å². The minimum Gasteiger partial charge on any atom is -0.321 e. The van der Waals surface area contributed by atoms with Gasteiger partial charge in [-0.2, -0.15) is 0 Å². The lowest BCUT2D eigenvalue weighted by atomic mass is 10.3. The molecule has 31 heavy (non-hydrogen) atoms. The van der Waals surface area contributed by atoms with E-state index < -0.39 is 15.9 Å². The van der Waals surface area contributed by atoms with Crippen molar-refractivity contribution in [2.45, 2.75) is 11.8 Å². The summed E-state index contributed by atoms with van der Waals surface area (Å²) in [7, 11) is -3.87. The molecule has 1 aromatic carbocycles. The summed E-state index contributed by atoms with van der Waals surface area (Å²) in [5, 5.41) is 4.88. The lowest BCUT2D eigenvalue weighted by molar-refractivity contribution is 0.102. The van der Waals surface area contributed by atoms with Crippen molar-refractivity contribution in [1.29, 1.82) is 0 Å². The molecule has 0 aliphatic rings. The molecule has 0 unspecified atom stereocenters. The summed E-state index contributed by atoms with van der Waals surface area (Å²) < 4.78 is 27.3. The third-order valence-corrected chi connectivity index (χ3v) is 6.17. The summed E-state index contributed by atoms with van der Waals surface area (Å²) in [4.78, 5) is 32.8. The summed E-state index contributed by atoms with van der Waals surface area (Å²) in [5.41, 5.74) is 1.85. The molecule has 156 valence electrons. The van der Waals surface area contributed by atoms with Crippen LogP contribution in [0.1, 0.15) is 16.2 Å². The second kappa shape index (κ2) is 8.53. The standard InChI is InChI=1S/C19H15N7O3S2/c1-12-6-7-22-19(23-12)26-31(28,29)14-4-2-13(3-5-14)24-17(27)16-11-30-18(25-16)15-10-20-8-9-21-15/h2-11H,1H3,(H,24,27)(H,22,23,26). The van der Waals surface area contributed by atoms with Crippen molar-refractivity contribution in [3.05, 3.63) is 71.9 Å². The molecule has 0 spiro atoms. The molecule has 0 saturated carbocycles. The maximum Gasteiger partial charge on any atom is 0.275 e. The van der Waals surface area contributed by atoms with Gasteiger partial charge in [0, 0.05) is 35.4 Å². The molecule has 3 heterocycles. The van der Waals surface area contributed by atoms with E-state index in [2.05, 4.69) is 35.0 Å². The number of thiazole rings is 1. The summed E-state index contributed by atoms with van der Waals surface area (Å²) in [6.45, 7) is 1.73. The molecule has 12 heteroatoms. The largest absolute Gasteiger partial charge is 0.321 e. The van der Waals surface area contributed by atoms with Gasteiger partial charge < -0.3 is 5.32 Å². The van der Waals surface area contributed by atoms with E-state index >= 15 is 0 Å². The first-order valence-electron chi connectivity index (χ1n) is 8.86. The first-order valence-corrected chi connectivity index (χ1v) is 11.2. The van der Waals surface area contributed by atoms with Crippen LogP contribution in [0.4, 0.5) is 11.6 Å². The van der Waals surface area contributed by atoms with Gasteiger partial charge in [-0.15, -0.1) is 11.3 Å². The van der Waals surface area contributed by atoms with Crippen LogP contribution < -0.4 is 10.0 Å². The predicted octanol–water partition coefficient (Wildman–Crippen LogP) is 2.75. The molecule has 4 aromatic rings. The van der Waals surface area contributed by atoms with Crippen molar-refractivity contribution in [3.63, 3.8) is 0 Å². The molecule has 0 bridgehead atoms. The third kappa shape index (κ3) is 4.87. The Morgan fingerprint density at radius 3 is 2.52 bits per heavy atom. The van der Waals surface area contributed by atoms with E-state index in [9.17, 15) is 13.2 Å². The Bertz CT molecular complexity index is 1320. The number of rotatable bonds is 6. The Hall–Kier alpha value is -3.77. The van der Waals surface area contributed by atoms with Crippen LogP contribution in [0.25, 0.3) is 10.7 Å². The number of aryl methyl sites for hydroxylation is 1. The van der Waals surface area contributed by atoms with Crippen LogP contribution in [0.2, 0.25) is 0 Å². The van der Waals surface area contributed by atoms with Gasteiger partial charge in [0.15, 0.2) is 0 Å². The number of hydrogen-bond acceptors (Lipinski definition) is 9. The molecule has 0 atom stereocenters. The van der Waals surface area contributed by atoms with Crippen LogP contribution >= 0.6 is 11.3 Å². The van der Waals surface area contributed by atoms with Gasteiger partial charge in [-0.25, -0.2) is 28.1 Å². The van der Waals surface area contributed by atoms with Gasteiger partial charge in [0.2, 0.25) is 5.95 Å². The Morgan fingerprint density at radius 1 is 1.00 bits per heavy atom. The molecule has 0 fully saturated rings. The zero-order valence-corrected chi connectivity index (χ0v) is 17.7. The van der Waals surface area contributed by atoms with E-state index in [0.717, 1.165) is 0 Å². The Balaban J connectivity index is 1.45. The minimum atomic E-state index is -3.87. The van der Waals surface area contributed by atoms with Gasteiger partial charge in [0.25, 0.3) is 15.9 Å². The lowest BCUT2D eigenvalue weighted by Crippen LogP contribution is -2.16. The first-order chi connectivity index (χ1) is 14.9. The van der Waals surface area contributed by atoms with E-state index in [1.54, 1.807) is 37.0 Å². The highest BCUT2D eigenvalue weighted by Gasteiger charge is 2.17. The topological polar surface area (TPSA) is 140 Å². The van der Waals surface area contributed by atoms with Crippen molar-refractivity contribution >= 4 is 38.9 Å². The summed E-state index contributed by atoms with van der Waals surface area (Å²) in [5.74, 6) is -0.437. The van der Waals surface area contributed by atoms with Crippen molar-refractivity contribution in [2.24, 2.45) is 0 Å². The van der Waals surface area contributed by atoms with Gasteiger partial charge in [-0.3, -0.25) is 14.8 Å². The van der Waals surface area contributed by atoms with Gasteiger partial charge >= 0.3 is 0 Å². The minimum absolute atomic E-state index is 0.00852. The number of amides is 1. The number of hydrogen-bond donors (Lipinski definition) is 2. The quantitative estimate of drug-likeness (QED) is 0.454. The number of carbonyl (C=O) groups excluding carboxylic acids is 1. The second-order valence-electron chi connectivity index (χ2n) is 6.23. The van der Waals surface area contributed by atoms with E-state index in [0.29, 0.717) is 22.1 Å². The van der Waals surface area contributed by atoms with Crippen LogP contribution in [-0.2, 0) is 10.0 Å². The molecule has 0 saturated heterocycles. The Kier molecular flexibility index (Phi) is 5.64. The highest BCUT2D eigenvalue weighted by molar-refractivity contribution is 7.92. The molecular weight excluding hydrogens is 438 g/mol. The monoisotopic (exact) mass is 453 g/mol. The smallest absolute Gasteiger partial charge is 0.275 e. The fraction of sp³-hybridized carbons (Fsp3) is 0.0526. The third-order valence-electron chi connectivity index (χ3n) is 3.96. The Morgan fingerprint density at radius 2 is 1.81 bits per heavy atom. The molecule has 3 aromatic heterocycles. The van der Waals surface area contributed by atoms with Gasteiger partial charge in [0.1, 0.15) is 16.4 Å². The van der Waals surface area contributed by atoms with Crippen molar-refractivity contribution in [3.8, 4) is 10.7 Å². The van der Waals surface area contributed by atoms with E-state index in [-0.39, 0.29) is 16.5 Å². The SMILES string of the molecule is Cc1ccnc(NS(=O)(=O)c2ccc(NC(=O)c3csc(-c4cnccn4)n3)cc2)n1. The number of anilines is 2. The molecule has 2 N–H and O–H groups in total. The zero-order chi connectivity index (χ0) is 21.8. The average Bonchev–Trinajstić information content (AvgIpc) is 3.25. The normalized spacial score (nSPS) is 11.1. The number of nitrogens with zero attached hydrogens (tertiary/aromatic N) is 5. The lowest BCUT2D eigenvalue weighted by Gasteiger charge is -2.08. The van der Waals surface area contributed by atoms with Crippen LogP contribution in [0.3, 0.4) is 0 Å². The molecule has 10 nitrogen and oxygen atoms in total. The maximum absolute atomic E-state index is 12.5. The van der Waals surface area contributed by atoms with E-state index in [1.165, 1.54) is 41.8 Å². The molecule has 0 aliphatic heterocycles. The number of sulfonamides is 1. The molecule has 4 rings (SSSR count). The average molecular weight is 454 g/mol. The number of aromatic nitrogens is 5. The van der Waals surface area contributed by atoms with E-state index in [4.69, 9.17) is 0 Å². The van der Waals surface area contributed by atoms with Crippen LogP contribution in [-0.4, -0.2) is 39.2 Å². The maximum atomic E-state index is 12.5. The van der Waals surface area contributed by atoms with Crippen LogP contribution in [0, 0.1) is 6.92 Å². The first kappa shape index (κ1) is 20.5.